The van der Waals surface area contributed by atoms with Crippen LogP contribution in [0.15, 0.2) is 36.5 Å². The van der Waals surface area contributed by atoms with Crippen LogP contribution in [0.5, 0.6) is 11.6 Å². The van der Waals surface area contributed by atoms with Gasteiger partial charge in [0.1, 0.15) is 5.75 Å². The molecule has 0 saturated heterocycles. The van der Waals surface area contributed by atoms with E-state index in [9.17, 15) is 5.11 Å². The van der Waals surface area contributed by atoms with Gasteiger partial charge in [0, 0.05) is 17.3 Å². The Kier molecular flexibility index (Phi) is 3.11. The molecular formula is C16H17NO2. The quantitative estimate of drug-likeness (QED) is 0.908. The molecule has 19 heavy (non-hydrogen) atoms. The molecule has 1 aliphatic carbocycles. The van der Waals surface area contributed by atoms with Crippen LogP contribution < -0.4 is 4.74 Å². The molecule has 0 amide bonds. The fourth-order valence-corrected chi connectivity index (χ4v) is 2.04. The molecule has 1 aromatic carbocycles. The van der Waals surface area contributed by atoms with Gasteiger partial charge in [-0.3, -0.25) is 0 Å². The van der Waals surface area contributed by atoms with Gasteiger partial charge in [0.2, 0.25) is 5.88 Å². The van der Waals surface area contributed by atoms with Crippen LogP contribution in [0, 0.1) is 12.8 Å². The Labute approximate surface area is 112 Å². The van der Waals surface area contributed by atoms with E-state index in [4.69, 9.17) is 4.74 Å². The van der Waals surface area contributed by atoms with Gasteiger partial charge in [-0.15, -0.1) is 0 Å². The van der Waals surface area contributed by atoms with Crippen molar-refractivity contribution in [2.75, 3.05) is 6.61 Å². The Morgan fingerprint density at radius 1 is 1.26 bits per heavy atom. The summed E-state index contributed by atoms with van der Waals surface area (Å²) in [5, 5.41) is 9.51. The van der Waals surface area contributed by atoms with Gasteiger partial charge in [-0.05, 0) is 49.4 Å². The lowest BCUT2D eigenvalue weighted by atomic mass is 10.1. The molecule has 0 radical (unpaired) electrons. The van der Waals surface area contributed by atoms with E-state index in [0.29, 0.717) is 0 Å². The predicted octanol–water partition coefficient (Wildman–Crippen LogP) is 3.55. The molecule has 0 spiro atoms. The molecule has 0 aliphatic heterocycles. The number of aryl methyl sites for hydroxylation is 1. The predicted molar refractivity (Wildman–Crippen MR) is 74.3 cm³/mol. The van der Waals surface area contributed by atoms with E-state index in [0.717, 1.165) is 35.1 Å². The molecule has 3 heteroatoms. The minimum Gasteiger partial charge on any atom is -0.508 e. The molecule has 3 nitrogen and oxygen atoms in total. The number of hydrogen-bond donors (Lipinski definition) is 1. The standard InChI is InChI=1S/C16H17NO2/c1-11-7-14(13-3-2-4-15(18)8-13)9-17-16(11)19-10-12-5-6-12/h2-4,7-9,12,18H,5-6,10H2,1H3. The molecule has 1 aromatic heterocycles. The van der Waals surface area contributed by atoms with Gasteiger partial charge in [0.05, 0.1) is 6.61 Å². The first-order valence-corrected chi connectivity index (χ1v) is 6.61. The number of phenols is 1. The fourth-order valence-electron chi connectivity index (χ4n) is 2.04. The number of aromatic hydroxyl groups is 1. The number of benzene rings is 1. The van der Waals surface area contributed by atoms with E-state index in [1.54, 1.807) is 18.3 Å². The number of pyridine rings is 1. The summed E-state index contributed by atoms with van der Waals surface area (Å²) in [7, 11) is 0. The third kappa shape index (κ3) is 2.87. The summed E-state index contributed by atoms with van der Waals surface area (Å²) in [6.45, 7) is 2.78. The van der Waals surface area contributed by atoms with Crippen molar-refractivity contribution in [3.63, 3.8) is 0 Å². The van der Waals surface area contributed by atoms with Crippen LogP contribution in [0.3, 0.4) is 0 Å². The van der Waals surface area contributed by atoms with Gasteiger partial charge in [0.15, 0.2) is 0 Å². The Balaban J connectivity index is 1.81. The van der Waals surface area contributed by atoms with E-state index in [1.165, 1.54) is 12.8 Å². The van der Waals surface area contributed by atoms with Gasteiger partial charge >= 0.3 is 0 Å². The van der Waals surface area contributed by atoms with Crippen LogP contribution >= 0.6 is 0 Å². The highest BCUT2D eigenvalue weighted by molar-refractivity contribution is 5.65. The van der Waals surface area contributed by atoms with Crippen molar-refractivity contribution in [2.24, 2.45) is 5.92 Å². The second-order valence-corrected chi connectivity index (χ2v) is 5.15. The molecule has 0 atom stereocenters. The first kappa shape index (κ1) is 12.0. The number of hydrogen-bond acceptors (Lipinski definition) is 3. The van der Waals surface area contributed by atoms with E-state index in [2.05, 4.69) is 4.98 Å². The fraction of sp³-hybridized carbons (Fsp3) is 0.312. The maximum absolute atomic E-state index is 9.51. The topological polar surface area (TPSA) is 42.4 Å². The van der Waals surface area contributed by atoms with Crippen molar-refractivity contribution >= 4 is 0 Å². The maximum atomic E-state index is 9.51. The smallest absolute Gasteiger partial charge is 0.216 e. The maximum Gasteiger partial charge on any atom is 0.216 e. The van der Waals surface area contributed by atoms with Gasteiger partial charge in [-0.25, -0.2) is 4.98 Å². The number of aromatic nitrogens is 1. The molecule has 1 N–H and O–H groups in total. The van der Waals surface area contributed by atoms with Crippen LogP contribution in [0.1, 0.15) is 18.4 Å². The lowest BCUT2D eigenvalue weighted by Gasteiger charge is -2.09. The van der Waals surface area contributed by atoms with Crippen molar-refractivity contribution in [2.45, 2.75) is 19.8 Å². The summed E-state index contributed by atoms with van der Waals surface area (Å²) in [5.41, 5.74) is 2.98. The SMILES string of the molecule is Cc1cc(-c2cccc(O)c2)cnc1OCC1CC1. The second kappa shape index (κ2) is 4.92. The molecule has 0 unspecified atom stereocenters. The normalized spacial score (nSPS) is 14.4. The van der Waals surface area contributed by atoms with E-state index >= 15 is 0 Å². The zero-order chi connectivity index (χ0) is 13.2. The minimum absolute atomic E-state index is 0.268. The number of phenolic OH excluding ortho intramolecular Hbond substituents is 1. The highest BCUT2D eigenvalue weighted by Crippen LogP contribution is 2.31. The Hall–Kier alpha value is -2.03. The molecule has 0 bridgehead atoms. The summed E-state index contributed by atoms with van der Waals surface area (Å²) in [6.07, 6.45) is 4.35. The largest absolute Gasteiger partial charge is 0.508 e. The van der Waals surface area contributed by atoms with Gasteiger partial charge in [0.25, 0.3) is 0 Å². The van der Waals surface area contributed by atoms with E-state index in [-0.39, 0.29) is 5.75 Å². The summed E-state index contributed by atoms with van der Waals surface area (Å²) in [4.78, 5) is 4.38. The zero-order valence-electron chi connectivity index (χ0n) is 11.0. The number of nitrogens with zero attached hydrogens (tertiary/aromatic N) is 1. The summed E-state index contributed by atoms with van der Waals surface area (Å²) >= 11 is 0. The van der Waals surface area contributed by atoms with Gasteiger partial charge < -0.3 is 9.84 Å². The van der Waals surface area contributed by atoms with Crippen LogP contribution in [0.2, 0.25) is 0 Å². The molecule has 98 valence electrons. The average Bonchev–Trinajstić information content (AvgIpc) is 3.21. The van der Waals surface area contributed by atoms with E-state index < -0.39 is 0 Å². The Morgan fingerprint density at radius 3 is 2.79 bits per heavy atom. The third-order valence-electron chi connectivity index (χ3n) is 3.36. The highest BCUT2D eigenvalue weighted by atomic mass is 16.5. The highest BCUT2D eigenvalue weighted by Gasteiger charge is 2.22. The lowest BCUT2D eigenvalue weighted by Crippen LogP contribution is -2.02. The van der Waals surface area contributed by atoms with Crippen molar-refractivity contribution in [1.82, 2.24) is 4.98 Å². The van der Waals surface area contributed by atoms with Gasteiger partial charge in [-0.2, -0.15) is 0 Å². The molecule has 3 rings (SSSR count). The summed E-state index contributed by atoms with van der Waals surface area (Å²) in [5.74, 6) is 1.71. The van der Waals surface area contributed by atoms with Crippen LogP contribution in [-0.2, 0) is 0 Å². The molecule has 1 heterocycles. The third-order valence-corrected chi connectivity index (χ3v) is 3.36. The number of rotatable bonds is 4. The average molecular weight is 255 g/mol. The van der Waals surface area contributed by atoms with Crippen LogP contribution in [0.25, 0.3) is 11.1 Å². The minimum atomic E-state index is 0.268. The molecule has 1 fully saturated rings. The first-order chi connectivity index (χ1) is 9.22. The van der Waals surface area contributed by atoms with Crippen LogP contribution in [-0.4, -0.2) is 16.7 Å². The monoisotopic (exact) mass is 255 g/mol. The number of ether oxygens (including phenoxy) is 1. The van der Waals surface area contributed by atoms with Gasteiger partial charge in [-0.1, -0.05) is 12.1 Å². The second-order valence-electron chi connectivity index (χ2n) is 5.15. The first-order valence-electron chi connectivity index (χ1n) is 6.61. The van der Waals surface area contributed by atoms with Crippen molar-refractivity contribution in [3.8, 4) is 22.8 Å². The van der Waals surface area contributed by atoms with Crippen molar-refractivity contribution in [1.29, 1.82) is 0 Å². The summed E-state index contributed by atoms with van der Waals surface area (Å²) in [6, 6.07) is 9.24. The van der Waals surface area contributed by atoms with Crippen molar-refractivity contribution in [3.05, 3.63) is 42.1 Å². The molecule has 1 saturated carbocycles. The summed E-state index contributed by atoms with van der Waals surface area (Å²) < 4.78 is 5.71. The molecule has 1 aliphatic rings. The zero-order valence-corrected chi connectivity index (χ0v) is 11.0. The van der Waals surface area contributed by atoms with Crippen molar-refractivity contribution < 1.29 is 9.84 Å². The Bertz CT molecular complexity index is 591. The molecular weight excluding hydrogens is 238 g/mol. The van der Waals surface area contributed by atoms with Crippen LogP contribution in [0.4, 0.5) is 0 Å². The van der Waals surface area contributed by atoms with E-state index in [1.807, 2.05) is 25.1 Å². The molecule has 2 aromatic rings. The Morgan fingerprint density at radius 2 is 2.11 bits per heavy atom. The lowest BCUT2D eigenvalue weighted by molar-refractivity contribution is 0.286.